The highest BCUT2D eigenvalue weighted by atomic mass is 32.1. The van der Waals surface area contributed by atoms with Gasteiger partial charge in [-0.15, -0.1) is 0 Å². The van der Waals surface area contributed by atoms with Crippen LogP contribution in [-0.4, -0.2) is 20.2 Å². The summed E-state index contributed by atoms with van der Waals surface area (Å²) >= 11 is 2.41. The lowest BCUT2D eigenvalue weighted by atomic mass is 10.2. The Kier molecular flexibility index (Phi) is 5.09. The van der Waals surface area contributed by atoms with Crippen molar-refractivity contribution in [3.63, 3.8) is 0 Å². The van der Waals surface area contributed by atoms with Gasteiger partial charge in [0.2, 0.25) is 0 Å². The Morgan fingerprint density at radius 3 is 1.46 bits per heavy atom. The molecule has 3 heterocycles. The van der Waals surface area contributed by atoms with E-state index in [2.05, 4.69) is 9.97 Å². The van der Waals surface area contributed by atoms with Gasteiger partial charge in [0.05, 0.1) is 11.4 Å². The third kappa shape index (κ3) is 3.95. The van der Waals surface area contributed by atoms with E-state index in [1.165, 1.54) is 22.7 Å². The molecule has 0 spiro atoms. The summed E-state index contributed by atoms with van der Waals surface area (Å²) < 4.78 is 0. The molecule has 26 heavy (non-hydrogen) atoms. The Labute approximate surface area is 156 Å². The molecule has 0 aliphatic heterocycles. The summed E-state index contributed by atoms with van der Waals surface area (Å²) in [6, 6.07) is 10.4. The van der Waals surface area contributed by atoms with E-state index in [4.69, 9.17) is 10.5 Å². The summed E-state index contributed by atoms with van der Waals surface area (Å²) in [5, 5.41) is 37.6. The SMILES string of the molecule is N#Cc1nc(/C=C/c2ccc(O)s2)c(/C=C/c2ccc(O)s2)nc1C#N. The van der Waals surface area contributed by atoms with E-state index in [1.807, 2.05) is 12.1 Å². The van der Waals surface area contributed by atoms with Gasteiger partial charge in [0.15, 0.2) is 21.5 Å². The van der Waals surface area contributed by atoms with Crippen molar-refractivity contribution in [3.8, 4) is 22.3 Å². The van der Waals surface area contributed by atoms with Crippen molar-refractivity contribution in [3.05, 3.63) is 56.8 Å². The molecule has 2 N–H and O–H groups in total. The Morgan fingerprint density at radius 1 is 0.731 bits per heavy atom. The maximum absolute atomic E-state index is 9.41. The maximum atomic E-state index is 9.41. The average molecular weight is 378 g/mol. The molecule has 0 saturated carbocycles. The molecule has 0 saturated heterocycles. The summed E-state index contributed by atoms with van der Waals surface area (Å²) in [5.41, 5.74) is 0.745. The van der Waals surface area contributed by atoms with Crippen molar-refractivity contribution < 1.29 is 10.2 Å². The van der Waals surface area contributed by atoms with Crippen molar-refractivity contribution in [2.45, 2.75) is 0 Å². The molecule has 3 aromatic heterocycles. The standard InChI is InChI=1S/C18H10N4O2S2/c19-9-15-16(10-20)22-14(6-2-12-4-8-18(24)26-12)13(21-15)5-1-11-3-7-17(23)25-11/h1-8,23-24H/b5-1+,6-2+. The van der Waals surface area contributed by atoms with Gasteiger partial charge in [-0.2, -0.15) is 10.5 Å². The van der Waals surface area contributed by atoms with Crippen molar-refractivity contribution in [1.29, 1.82) is 10.5 Å². The normalized spacial score (nSPS) is 11.0. The molecular weight excluding hydrogens is 368 g/mol. The minimum Gasteiger partial charge on any atom is -0.499 e. The van der Waals surface area contributed by atoms with Crippen LogP contribution >= 0.6 is 22.7 Å². The zero-order chi connectivity index (χ0) is 18.5. The van der Waals surface area contributed by atoms with Gasteiger partial charge >= 0.3 is 0 Å². The second-order valence-electron chi connectivity index (χ2n) is 4.93. The molecule has 126 valence electrons. The number of aromatic nitrogens is 2. The van der Waals surface area contributed by atoms with E-state index in [-0.39, 0.29) is 21.5 Å². The topological polar surface area (TPSA) is 114 Å². The first-order chi connectivity index (χ1) is 12.6. The number of hydrogen-bond acceptors (Lipinski definition) is 8. The van der Waals surface area contributed by atoms with Crippen molar-refractivity contribution in [1.82, 2.24) is 9.97 Å². The van der Waals surface area contributed by atoms with Crippen LogP contribution in [0.4, 0.5) is 0 Å². The Hall–Kier alpha value is -3.46. The van der Waals surface area contributed by atoms with Gasteiger partial charge < -0.3 is 10.2 Å². The molecular formula is C18H10N4O2S2. The second-order valence-corrected chi connectivity index (χ2v) is 7.12. The van der Waals surface area contributed by atoms with Crippen molar-refractivity contribution in [2.24, 2.45) is 0 Å². The Morgan fingerprint density at radius 2 is 1.15 bits per heavy atom. The summed E-state index contributed by atoms with van der Waals surface area (Å²) in [4.78, 5) is 10.0. The fourth-order valence-electron chi connectivity index (χ4n) is 2.05. The first-order valence-electron chi connectivity index (χ1n) is 7.25. The summed E-state index contributed by atoms with van der Waals surface area (Å²) in [7, 11) is 0. The fraction of sp³-hybridized carbons (Fsp3) is 0. The summed E-state index contributed by atoms with van der Waals surface area (Å²) in [6.07, 6.45) is 6.84. The lowest BCUT2D eigenvalue weighted by molar-refractivity contribution is 0.490. The molecule has 0 radical (unpaired) electrons. The second kappa shape index (κ2) is 7.62. The van der Waals surface area contributed by atoms with E-state index >= 15 is 0 Å². The first-order valence-corrected chi connectivity index (χ1v) is 8.88. The highest BCUT2D eigenvalue weighted by molar-refractivity contribution is 7.14. The summed E-state index contributed by atoms with van der Waals surface area (Å²) in [5.74, 6) is 0. The molecule has 0 aliphatic rings. The number of nitriles is 2. The van der Waals surface area contributed by atoms with Crippen LogP contribution in [0.2, 0.25) is 0 Å². The van der Waals surface area contributed by atoms with Crippen LogP contribution in [0.15, 0.2) is 24.3 Å². The molecule has 6 nitrogen and oxygen atoms in total. The number of rotatable bonds is 4. The van der Waals surface area contributed by atoms with E-state index in [0.29, 0.717) is 11.4 Å². The monoisotopic (exact) mass is 378 g/mol. The molecule has 3 rings (SSSR count). The van der Waals surface area contributed by atoms with Crippen LogP contribution in [0.1, 0.15) is 32.5 Å². The van der Waals surface area contributed by atoms with E-state index in [0.717, 1.165) is 9.75 Å². The van der Waals surface area contributed by atoms with E-state index in [1.54, 1.807) is 48.6 Å². The zero-order valence-corrected chi connectivity index (χ0v) is 14.8. The van der Waals surface area contributed by atoms with Crippen molar-refractivity contribution >= 4 is 47.0 Å². The van der Waals surface area contributed by atoms with Crippen LogP contribution in [-0.2, 0) is 0 Å². The number of aromatic hydroxyl groups is 2. The molecule has 0 unspecified atom stereocenters. The van der Waals surface area contributed by atoms with E-state index in [9.17, 15) is 10.2 Å². The predicted octanol–water partition coefficient (Wildman–Crippen LogP) is 4.09. The number of thiophene rings is 2. The van der Waals surface area contributed by atoms with E-state index < -0.39 is 0 Å². The fourth-order valence-corrected chi connectivity index (χ4v) is 3.35. The number of hydrogen-bond donors (Lipinski definition) is 2. The Bertz CT molecular complexity index is 1010. The van der Waals surface area contributed by atoms with Gasteiger partial charge in [-0.3, -0.25) is 0 Å². The van der Waals surface area contributed by atoms with Gasteiger partial charge in [0.1, 0.15) is 12.1 Å². The molecule has 0 fully saturated rings. The highest BCUT2D eigenvalue weighted by Crippen LogP contribution is 2.26. The molecule has 0 amide bonds. The van der Waals surface area contributed by atoms with Crippen LogP contribution in [0.3, 0.4) is 0 Å². The molecule has 0 bridgehead atoms. The van der Waals surface area contributed by atoms with Crippen LogP contribution < -0.4 is 0 Å². The quantitative estimate of drug-likeness (QED) is 0.706. The van der Waals surface area contributed by atoms with Crippen LogP contribution in [0, 0.1) is 22.7 Å². The molecule has 0 aromatic carbocycles. The largest absolute Gasteiger partial charge is 0.499 e. The van der Waals surface area contributed by atoms with Gasteiger partial charge in [0.25, 0.3) is 0 Å². The minimum atomic E-state index is -0.0490. The van der Waals surface area contributed by atoms with Gasteiger partial charge in [-0.05, 0) is 48.6 Å². The first kappa shape index (κ1) is 17.4. The average Bonchev–Trinajstić information content (AvgIpc) is 3.25. The Balaban J connectivity index is 2.02. The molecule has 0 atom stereocenters. The summed E-state index contributed by atoms with van der Waals surface area (Å²) in [6.45, 7) is 0. The van der Waals surface area contributed by atoms with Gasteiger partial charge in [-0.25, -0.2) is 9.97 Å². The van der Waals surface area contributed by atoms with Crippen LogP contribution in [0.5, 0.6) is 10.1 Å². The number of nitrogens with zero attached hydrogens (tertiary/aromatic N) is 4. The smallest absolute Gasteiger partial charge is 0.177 e. The zero-order valence-electron chi connectivity index (χ0n) is 13.1. The van der Waals surface area contributed by atoms with Gasteiger partial charge in [-0.1, -0.05) is 22.7 Å². The highest BCUT2D eigenvalue weighted by Gasteiger charge is 2.10. The van der Waals surface area contributed by atoms with Gasteiger partial charge in [0, 0.05) is 9.75 Å². The van der Waals surface area contributed by atoms with Crippen molar-refractivity contribution in [2.75, 3.05) is 0 Å². The maximum Gasteiger partial charge on any atom is 0.177 e. The minimum absolute atomic E-state index is 0.0490. The predicted molar refractivity (Wildman–Crippen MR) is 101 cm³/mol. The molecule has 0 aliphatic carbocycles. The molecule has 8 heteroatoms. The lowest BCUT2D eigenvalue weighted by Gasteiger charge is -2.02. The third-order valence-electron chi connectivity index (χ3n) is 3.20. The lowest BCUT2D eigenvalue weighted by Crippen LogP contribution is -2.00. The molecule has 3 aromatic rings. The third-order valence-corrected chi connectivity index (χ3v) is 4.91. The van der Waals surface area contributed by atoms with Crippen LogP contribution in [0.25, 0.3) is 24.3 Å².